The Hall–Kier alpha value is 0.789. The van der Waals surface area contributed by atoms with E-state index in [1.807, 2.05) is 22.7 Å². The van der Waals surface area contributed by atoms with Gasteiger partial charge in [-0.25, -0.2) is 0 Å². The molecular weight excluding hydrogens is 235 g/mol. The molecule has 1 aromatic rings. The quantitative estimate of drug-likeness (QED) is 0.492. The Kier molecular flexibility index (Phi) is 1.76. The van der Waals surface area contributed by atoms with E-state index in [1.54, 1.807) is 8.65 Å². The molecule has 1 aromatic heterocycles. The first kappa shape index (κ1) is 6.50. The molecule has 1 aliphatic rings. The Labute approximate surface area is 73.1 Å². The summed E-state index contributed by atoms with van der Waals surface area (Å²) in [6.07, 6.45) is 1.31. The average molecular weight is 239 g/mol. The van der Waals surface area contributed by atoms with Crippen LogP contribution in [0.1, 0.15) is 4.88 Å². The van der Waals surface area contributed by atoms with Gasteiger partial charge in [0.25, 0.3) is 0 Å². The summed E-state index contributed by atoms with van der Waals surface area (Å²) in [4.78, 5) is 1.59. The van der Waals surface area contributed by atoms with E-state index < -0.39 is 0 Å². The standard InChI is InChI=1S/C5H4S3Se/c6-5-7-3-1-2-9-4(3)8-5/h1-2H2. The van der Waals surface area contributed by atoms with Crippen LogP contribution in [0.2, 0.25) is 5.32 Å². The summed E-state index contributed by atoms with van der Waals surface area (Å²) in [6, 6.07) is 0. The molecule has 2 heterocycles. The molecule has 0 spiro atoms. The van der Waals surface area contributed by atoms with Crippen LogP contribution in [0.4, 0.5) is 0 Å². The summed E-state index contributed by atoms with van der Waals surface area (Å²) >= 11 is 9.52. The van der Waals surface area contributed by atoms with E-state index in [2.05, 4.69) is 0 Å². The van der Waals surface area contributed by atoms with Gasteiger partial charge in [0.1, 0.15) is 0 Å². The molecule has 0 saturated carbocycles. The van der Waals surface area contributed by atoms with Gasteiger partial charge in [0.05, 0.1) is 0 Å². The van der Waals surface area contributed by atoms with Gasteiger partial charge < -0.3 is 0 Å². The molecule has 1 aliphatic heterocycles. The topological polar surface area (TPSA) is 0 Å². The van der Waals surface area contributed by atoms with Crippen molar-refractivity contribution in [2.45, 2.75) is 11.7 Å². The van der Waals surface area contributed by atoms with Crippen molar-refractivity contribution in [2.24, 2.45) is 0 Å². The molecule has 9 heavy (non-hydrogen) atoms. The maximum atomic E-state index is 5.07. The predicted molar refractivity (Wildman–Crippen MR) is 46.9 cm³/mol. The zero-order valence-electron chi connectivity index (χ0n) is 4.55. The van der Waals surface area contributed by atoms with Gasteiger partial charge in [-0.1, -0.05) is 0 Å². The van der Waals surface area contributed by atoms with Gasteiger partial charge in [0, 0.05) is 0 Å². The molecule has 0 radical (unpaired) electrons. The van der Waals surface area contributed by atoms with Crippen LogP contribution in [0.15, 0.2) is 0 Å². The van der Waals surface area contributed by atoms with Crippen LogP contribution >= 0.6 is 34.9 Å². The Morgan fingerprint density at radius 2 is 2.33 bits per heavy atom. The van der Waals surface area contributed by atoms with Gasteiger partial charge in [-0.3, -0.25) is 0 Å². The molecule has 0 aromatic carbocycles. The molecular formula is C5H4S3Se. The molecule has 2 rings (SSSR count). The summed E-state index contributed by atoms with van der Waals surface area (Å²) in [5, 5.41) is 1.42. The minimum absolute atomic E-state index is 0.785. The predicted octanol–water partition coefficient (Wildman–Crippen LogP) is 1.84. The number of hydrogen-bond donors (Lipinski definition) is 0. The van der Waals surface area contributed by atoms with Crippen molar-refractivity contribution >= 4 is 53.6 Å². The van der Waals surface area contributed by atoms with Crippen LogP contribution in [0.3, 0.4) is 0 Å². The van der Waals surface area contributed by atoms with E-state index in [1.165, 1.54) is 11.7 Å². The Morgan fingerprint density at radius 1 is 1.44 bits per heavy atom. The van der Waals surface area contributed by atoms with Crippen molar-refractivity contribution in [2.75, 3.05) is 0 Å². The summed E-state index contributed by atoms with van der Waals surface area (Å²) in [5.41, 5.74) is 0. The zero-order chi connectivity index (χ0) is 6.27. The van der Waals surface area contributed by atoms with Gasteiger partial charge in [-0.2, -0.15) is 0 Å². The molecule has 0 unspecified atom stereocenters. The molecule has 0 saturated heterocycles. The third-order valence-corrected chi connectivity index (χ3v) is 7.07. The molecule has 0 N–H and O–H groups in total. The summed E-state index contributed by atoms with van der Waals surface area (Å²) in [6.45, 7) is 0. The molecule has 48 valence electrons. The molecule has 0 fully saturated rings. The van der Waals surface area contributed by atoms with Gasteiger partial charge in [-0.15, -0.1) is 0 Å². The summed E-state index contributed by atoms with van der Waals surface area (Å²) < 4.78 is 2.75. The van der Waals surface area contributed by atoms with Crippen molar-refractivity contribution in [3.63, 3.8) is 0 Å². The minimum atomic E-state index is 0.785. The Morgan fingerprint density at radius 3 is 3.11 bits per heavy atom. The third-order valence-electron chi connectivity index (χ3n) is 1.17. The molecule has 4 heteroatoms. The van der Waals surface area contributed by atoms with Crippen LogP contribution in [-0.4, -0.2) is 15.0 Å². The van der Waals surface area contributed by atoms with E-state index in [4.69, 9.17) is 12.2 Å². The van der Waals surface area contributed by atoms with E-state index in [0.29, 0.717) is 0 Å². The van der Waals surface area contributed by atoms with Gasteiger partial charge in [0.15, 0.2) is 0 Å². The van der Waals surface area contributed by atoms with Crippen molar-refractivity contribution in [3.8, 4) is 0 Å². The normalized spacial score (nSPS) is 16.0. The molecule has 0 amide bonds. The Bertz CT molecular complexity index is 247. The number of aryl methyl sites for hydroxylation is 1. The SMILES string of the molecule is S=c1sc2c(s1)[Se]CC2. The number of hydrogen-bond acceptors (Lipinski definition) is 3. The van der Waals surface area contributed by atoms with Gasteiger partial charge in [-0.05, 0) is 0 Å². The van der Waals surface area contributed by atoms with Crippen molar-refractivity contribution in [1.29, 1.82) is 0 Å². The summed E-state index contributed by atoms with van der Waals surface area (Å²) in [7, 11) is 0. The fourth-order valence-electron chi connectivity index (χ4n) is 0.795. The van der Waals surface area contributed by atoms with Crippen molar-refractivity contribution in [3.05, 3.63) is 8.01 Å². The first-order valence-electron chi connectivity index (χ1n) is 2.62. The van der Waals surface area contributed by atoms with Crippen molar-refractivity contribution in [1.82, 2.24) is 0 Å². The van der Waals surface area contributed by atoms with E-state index >= 15 is 0 Å². The summed E-state index contributed by atoms with van der Waals surface area (Å²) in [5.74, 6) is 0. The van der Waals surface area contributed by atoms with Crippen LogP contribution in [-0.2, 0) is 6.42 Å². The average Bonchev–Trinajstić information content (AvgIpc) is 2.22. The van der Waals surface area contributed by atoms with Crippen LogP contribution < -0.4 is 3.78 Å². The van der Waals surface area contributed by atoms with Gasteiger partial charge >= 0.3 is 73.4 Å². The van der Waals surface area contributed by atoms with E-state index in [0.717, 1.165) is 18.1 Å². The fourth-order valence-corrected chi connectivity index (χ4v) is 7.72. The van der Waals surface area contributed by atoms with Crippen LogP contribution in [0.5, 0.6) is 0 Å². The second-order valence-corrected chi connectivity index (χ2v) is 7.97. The van der Waals surface area contributed by atoms with Crippen LogP contribution in [0, 0.1) is 3.14 Å². The monoisotopic (exact) mass is 240 g/mol. The molecule has 0 nitrogen and oxygen atoms in total. The van der Waals surface area contributed by atoms with Crippen molar-refractivity contribution < 1.29 is 0 Å². The maximum absolute atomic E-state index is 5.07. The molecule has 0 atom stereocenters. The second-order valence-electron chi connectivity index (χ2n) is 1.76. The zero-order valence-corrected chi connectivity index (χ0v) is 8.71. The van der Waals surface area contributed by atoms with Gasteiger partial charge in [0.2, 0.25) is 0 Å². The van der Waals surface area contributed by atoms with Crippen LogP contribution in [0.25, 0.3) is 0 Å². The fraction of sp³-hybridized carbons (Fsp3) is 0.400. The first-order valence-corrected chi connectivity index (χ1v) is 6.73. The number of fused-ring (bicyclic) bond motifs is 1. The van der Waals surface area contributed by atoms with E-state index in [9.17, 15) is 0 Å². The first-order chi connectivity index (χ1) is 4.36. The third kappa shape index (κ3) is 1.15. The molecule has 0 aliphatic carbocycles. The molecule has 0 bridgehead atoms. The second kappa shape index (κ2) is 2.44. The number of rotatable bonds is 0. The Balaban J connectivity index is 2.64. The van der Waals surface area contributed by atoms with E-state index in [-0.39, 0.29) is 0 Å².